The molecule has 1 atom stereocenters. The summed E-state index contributed by atoms with van der Waals surface area (Å²) in [5.41, 5.74) is 2.46. The highest BCUT2D eigenvalue weighted by atomic mass is 15.1. The first-order chi connectivity index (χ1) is 7.79. The second-order valence-corrected chi connectivity index (χ2v) is 4.63. The highest BCUT2D eigenvalue weighted by Crippen LogP contribution is 2.23. The Bertz CT molecular complexity index is 338. The van der Waals surface area contributed by atoms with E-state index in [1.54, 1.807) is 0 Å². The lowest BCUT2D eigenvalue weighted by Crippen LogP contribution is -2.20. The molecule has 0 bridgehead atoms. The zero-order valence-electron chi connectivity index (χ0n) is 10.2. The number of hydrogen-bond acceptors (Lipinski definition) is 3. The molecule has 1 N–H and O–H groups in total. The summed E-state index contributed by atoms with van der Waals surface area (Å²) in [5, 5.41) is 3.31. The van der Waals surface area contributed by atoms with E-state index in [0.717, 1.165) is 24.7 Å². The van der Waals surface area contributed by atoms with Gasteiger partial charge in [0, 0.05) is 31.5 Å². The molecular formula is C13H21N3. The van der Waals surface area contributed by atoms with Gasteiger partial charge in [-0.1, -0.05) is 13.8 Å². The molecular weight excluding hydrogens is 198 g/mol. The number of hydrogen-bond donors (Lipinski definition) is 1. The Morgan fingerprint density at radius 1 is 1.56 bits per heavy atom. The van der Waals surface area contributed by atoms with Crippen molar-refractivity contribution in [1.29, 1.82) is 0 Å². The van der Waals surface area contributed by atoms with Crippen LogP contribution in [0.4, 0.5) is 5.69 Å². The van der Waals surface area contributed by atoms with Gasteiger partial charge in [0.1, 0.15) is 0 Å². The van der Waals surface area contributed by atoms with E-state index in [0.29, 0.717) is 0 Å². The largest absolute Gasteiger partial charge is 0.371 e. The summed E-state index contributed by atoms with van der Waals surface area (Å²) in [7, 11) is 0. The normalized spacial score (nSPS) is 20.4. The highest BCUT2D eigenvalue weighted by Gasteiger charge is 2.18. The zero-order chi connectivity index (χ0) is 11.4. The van der Waals surface area contributed by atoms with Crippen LogP contribution in [0.25, 0.3) is 0 Å². The molecule has 88 valence electrons. The predicted molar refractivity (Wildman–Crippen MR) is 67.6 cm³/mol. The van der Waals surface area contributed by atoms with Crippen LogP contribution in [0.3, 0.4) is 0 Å². The van der Waals surface area contributed by atoms with E-state index in [9.17, 15) is 0 Å². The number of anilines is 1. The monoisotopic (exact) mass is 219 g/mol. The Labute approximate surface area is 97.9 Å². The van der Waals surface area contributed by atoms with Gasteiger partial charge in [0.05, 0.1) is 5.69 Å². The maximum atomic E-state index is 4.38. The standard InChI is InChI=1S/C13H21N3/c1-3-14-9-12-8-13(4-6-15-12)16-7-5-11(2)10-16/h4,6,8,11,14H,3,5,7,9-10H2,1-2H3. The van der Waals surface area contributed by atoms with Crippen molar-refractivity contribution in [3.63, 3.8) is 0 Å². The molecule has 0 radical (unpaired) electrons. The van der Waals surface area contributed by atoms with Gasteiger partial charge < -0.3 is 10.2 Å². The lowest BCUT2D eigenvalue weighted by Gasteiger charge is -2.18. The third kappa shape index (κ3) is 2.73. The first-order valence-corrected chi connectivity index (χ1v) is 6.20. The van der Waals surface area contributed by atoms with Gasteiger partial charge in [-0.05, 0) is 31.0 Å². The van der Waals surface area contributed by atoms with Crippen molar-refractivity contribution < 1.29 is 0 Å². The topological polar surface area (TPSA) is 28.2 Å². The summed E-state index contributed by atoms with van der Waals surface area (Å²) in [4.78, 5) is 6.84. The van der Waals surface area contributed by atoms with Crippen LogP contribution in [0.2, 0.25) is 0 Å². The second-order valence-electron chi connectivity index (χ2n) is 4.63. The molecule has 1 saturated heterocycles. The summed E-state index contributed by atoms with van der Waals surface area (Å²) >= 11 is 0. The summed E-state index contributed by atoms with van der Waals surface area (Å²) < 4.78 is 0. The molecule has 0 spiro atoms. The van der Waals surface area contributed by atoms with Crippen molar-refractivity contribution in [3.8, 4) is 0 Å². The highest BCUT2D eigenvalue weighted by molar-refractivity contribution is 5.47. The lowest BCUT2D eigenvalue weighted by atomic mass is 10.2. The van der Waals surface area contributed by atoms with Crippen LogP contribution in [0.5, 0.6) is 0 Å². The summed E-state index contributed by atoms with van der Waals surface area (Å²) in [6.07, 6.45) is 3.23. The third-order valence-electron chi connectivity index (χ3n) is 3.15. The number of nitrogens with one attached hydrogen (secondary N) is 1. The van der Waals surface area contributed by atoms with E-state index in [2.05, 4.69) is 41.2 Å². The molecule has 1 aliphatic heterocycles. The molecule has 1 aliphatic rings. The number of nitrogens with zero attached hydrogens (tertiary/aromatic N) is 2. The molecule has 1 aromatic heterocycles. The van der Waals surface area contributed by atoms with Crippen molar-refractivity contribution in [2.45, 2.75) is 26.8 Å². The van der Waals surface area contributed by atoms with E-state index < -0.39 is 0 Å². The molecule has 0 amide bonds. The van der Waals surface area contributed by atoms with E-state index >= 15 is 0 Å². The Hall–Kier alpha value is -1.09. The molecule has 2 heterocycles. The van der Waals surface area contributed by atoms with E-state index in [1.165, 1.54) is 25.2 Å². The summed E-state index contributed by atoms with van der Waals surface area (Å²) in [6, 6.07) is 4.33. The van der Waals surface area contributed by atoms with Crippen molar-refractivity contribution in [3.05, 3.63) is 24.0 Å². The molecule has 16 heavy (non-hydrogen) atoms. The first-order valence-electron chi connectivity index (χ1n) is 6.20. The average molecular weight is 219 g/mol. The molecule has 0 saturated carbocycles. The summed E-state index contributed by atoms with van der Waals surface area (Å²) in [6.45, 7) is 8.67. The van der Waals surface area contributed by atoms with Crippen molar-refractivity contribution >= 4 is 5.69 Å². The zero-order valence-corrected chi connectivity index (χ0v) is 10.2. The van der Waals surface area contributed by atoms with Gasteiger partial charge in [0.15, 0.2) is 0 Å². The molecule has 1 aromatic rings. The number of pyridine rings is 1. The molecule has 2 rings (SSSR count). The van der Waals surface area contributed by atoms with Crippen LogP contribution in [0, 0.1) is 5.92 Å². The van der Waals surface area contributed by atoms with Gasteiger partial charge in [-0.25, -0.2) is 0 Å². The van der Waals surface area contributed by atoms with Gasteiger partial charge in [0.25, 0.3) is 0 Å². The van der Waals surface area contributed by atoms with E-state index in [4.69, 9.17) is 0 Å². The summed E-state index contributed by atoms with van der Waals surface area (Å²) in [5.74, 6) is 0.824. The fourth-order valence-corrected chi connectivity index (χ4v) is 2.18. The van der Waals surface area contributed by atoms with Gasteiger partial charge in [-0.15, -0.1) is 0 Å². The van der Waals surface area contributed by atoms with Gasteiger partial charge in [-0.2, -0.15) is 0 Å². The molecule has 1 unspecified atom stereocenters. The van der Waals surface area contributed by atoms with Crippen LogP contribution in [0.15, 0.2) is 18.3 Å². The third-order valence-corrected chi connectivity index (χ3v) is 3.15. The van der Waals surface area contributed by atoms with Crippen LogP contribution in [-0.4, -0.2) is 24.6 Å². The van der Waals surface area contributed by atoms with Crippen LogP contribution in [0.1, 0.15) is 26.0 Å². The minimum Gasteiger partial charge on any atom is -0.371 e. The Morgan fingerprint density at radius 3 is 3.12 bits per heavy atom. The van der Waals surface area contributed by atoms with Gasteiger partial charge in [0.2, 0.25) is 0 Å². The van der Waals surface area contributed by atoms with Crippen molar-refractivity contribution in [2.24, 2.45) is 5.92 Å². The van der Waals surface area contributed by atoms with Crippen molar-refractivity contribution in [2.75, 3.05) is 24.5 Å². The first kappa shape index (κ1) is 11.4. The minimum absolute atomic E-state index is 0.824. The number of rotatable bonds is 4. The Kier molecular flexibility index (Phi) is 3.78. The van der Waals surface area contributed by atoms with Crippen molar-refractivity contribution in [1.82, 2.24) is 10.3 Å². The van der Waals surface area contributed by atoms with E-state index in [1.807, 2.05) is 6.20 Å². The Morgan fingerprint density at radius 2 is 2.44 bits per heavy atom. The maximum Gasteiger partial charge on any atom is 0.0562 e. The van der Waals surface area contributed by atoms with Crippen LogP contribution >= 0.6 is 0 Å². The van der Waals surface area contributed by atoms with E-state index in [-0.39, 0.29) is 0 Å². The molecule has 3 nitrogen and oxygen atoms in total. The smallest absolute Gasteiger partial charge is 0.0562 e. The molecule has 0 aliphatic carbocycles. The fraction of sp³-hybridized carbons (Fsp3) is 0.615. The fourth-order valence-electron chi connectivity index (χ4n) is 2.18. The SMILES string of the molecule is CCNCc1cc(N2CCC(C)C2)ccn1. The molecule has 0 aromatic carbocycles. The minimum atomic E-state index is 0.824. The number of aromatic nitrogens is 1. The maximum absolute atomic E-state index is 4.38. The van der Waals surface area contributed by atoms with Gasteiger partial charge >= 0.3 is 0 Å². The molecule has 3 heteroatoms. The quantitative estimate of drug-likeness (QED) is 0.840. The lowest BCUT2D eigenvalue weighted by molar-refractivity contribution is 0.659. The average Bonchev–Trinajstić information content (AvgIpc) is 2.74. The predicted octanol–water partition coefficient (Wildman–Crippen LogP) is 2.04. The second kappa shape index (κ2) is 5.30. The van der Waals surface area contributed by atoms with Gasteiger partial charge in [-0.3, -0.25) is 4.98 Å². The Balaban J connectivity index is 2.04. The van der Waals surface area contributed by atoms with Crippen LogP contribution < -0.4 is 10.2 Å². The molecule has 1 fully saturated rings. The van der Waals surface area contributed by atoms with Crippen LogP contribution in [-0.2, 0) is 6.54 Å².